The van der Waals surface area contributed by atoms with E-state index < -0.39 is 6.10 Å². The van der Waals surface area contributed by atoms with E-state index >= 15 is 0 Å². The van der Waals surface area contributed by atoms with Crippen molar-refractivity contribution >= 4 is 17.3 Å². The first-order valence-corrected chi connectivity index (χ1v) is 12.2. The third-order valence-corrected chi connectivity index (χ3v) is 7.38. The Hall–Kier alpha value is -2.96. The van der Waals surface area contributed by atoms with Crippen LogP contribution >= 0.6 is 0 Å². The lowest BCUT2D eigenvalue weighted by Gasteiger charge is -2.43. The molecule has 0 amide bonds. The van der Waals surface area contributed by atoms with Gasteiger partial charge in [-0.25, -0.2) is 9.97 Å². The average Bonchev–Trinajstić information content (AvgIpc) is 3.70. The zero-order valence-corrected chi connectivity index (χ0v) is 18.9. The summed E-state index contributed by atoms with van der Waals surface area (Å²) in [6.07, 6.45) is 5.83. The fourth-order valence-electron chi connectivity index (χ4n) is 5.35. The number of piperidine rings is 1. The van der Waals surface area contributed by atoms with Crippen molar-refractivity contribution in [2.75, 3.05) is 29.9 Å². The Morgan fingerprint density at radius 3 is 2.52 bits per heavy atom. The molecule has 1 saturated heterocycles. The van der Waals surface area contributed by atoms with Crippen LogP contribution in [-0.2, 0) is 13.0 Å². The van der Waals surface area contributed by atoms with Crippen molar-refractivity contribution < 1.29 is 5.11 Å². The van der Waals surface area contributed by atoms with Crippen LogP contribution in [0.2, 0.25) is 0 Å². The second-order valence-corrected chi connectivity index (χ2v) is 9.64. The van der Waals surface area contributed by atoms with Crippen molar-refractivity contribution in [2.24, 2.45) is 0 Å². The lowest BCUT2D eigenvalue weighted by molar-refractivity contribution is 0.0293. The lowest BCUT2D eigenvalue weighted by Crippen LogP contribution is -2.55. The molecule has 2 N–H and O–H groups in total. The summed E-state index contributed by atoms with van der Waals surface area (Å²) in [6.45, 7) is 3.42. The first-order valence-electron chi connectivity index (χ1n) is 12.2. The molecule has 33 heavy (non-hydrogen) atoms. The van der Waals surface area contributed by atoms with E-state index in [-0.39, 0.29) is 6.04 Å². The molecule has 0 bridgehead atoms. The highest BCUT2D eigenvalue weighted by molar-refractivity contribution is 5.60. The van der Waals surface area contributed by atoms with Gasteiger partial charge in [-0.2, -0.15) is 0 Å². The molecule has 1 aromatic heterocycles. The summed E-state index contributed by atoms with van der Waals surface area (Å²) in [7, 11) is 0. The molecule has 6 heteroatoms. The van der Waals surface area contributed by atoms with Gasteiger partial charge in [-0.15, -0.1) is 0 Å². The Kier molecular flexibility index (Phi) is 5.48. The maximum absolute atomic E-state index is 11.0. The van der Waals surface area contributed by atoms with Crippen LogP contribution in [0.5, 0.6) is 0 Å². The number of aromatic nitrogens is 2. The third-order valence-electron chi connectivity index (χ3n) is 7.38. The molecule has 2 aliphatic heterocycles. The minimum atomic E-state index is -0.398. The molecule has 2 aromatic carbocycles. The van der Waals surface area contributed by atoms with Crippen LogP contribution in [0.1, 0.15) is 41.9 Å². The van der Waals surface area contributed by atoms with Crippen LogP contribution in [0.3, 0.4) is 0 Å². The second-order valence-electron chi connectivity index (χ2n) is 9.64. The second kappa shape index (κ2) is 8.76. The van der Waals surface area contributed by atoms with Crippen molar-refractivity contribution in [3.8, 4) is 0 Å². The summed E-state index contributed by atoms with van der Waals surface area (Å²) < 4.78 is 0. The molecule has 6 rings (SSSR count). The van der Waals surface area contributed by atoms with Crippen LogP contribution < -0.4 is 10.2 Å². The minimum absolute atomic E-state index is 0.194. The number of nitrogens with zero attached hydrogens (tertiary/aromatic N) is 4. The van der Waals surface area contributed by atoms with Gasteiger partial charge in [0.25, 0.3) is 0 Å². The molecule has 3 aromatic rings. The summed E-state index contributed by atoms with van der Waals surface area (Å²) >= 11 is 0. The predicted octanol–water partition coefficient (Wildman–Crippen LogP) is 4.10. The molecule has 1 saturated carbocycles. The van der Waals surface area contributed by atoms with Gasteiger partial charge in [0.1, 0.15) is 18.0 Å². The fraction of sp³-hybridized carbons (Fsp3) is 0.407. The van der Waals surface area contributed by atoms with Crippen molar-refractivity contribution in [2.45, 2.75) is 50.3 Å². The zero-order chi connectivity index (χ0) is 22.2. The molecular weight excluding hydrogens is 410 g/mol. The summed E-state index contributed by atoms with van der Waals surface area (Å²) in [4.78, 5) is 13.6. The van der Waals surface area contributed by atoms with Crippen molar-refractivity contribution in [1.82, 2.24) is 14.9 Å². The first-order chi connectivity index (χ1) is 16.2. The summed E-state index contributed by atoms with van der Waals surface area (Å²) in [5.41, 5.74) is 5.31. The summed E-state index contributed by atoms with van der Waals surface area (Å²) in [6, 6.07) is 19.5. The van der Waals surface area contributed by atoms with E-state index in [1.807, 2.05) is 6.07 Å². The van der Waals surface area contributed by atoms with Crippen molar-refractivity contribution in [3.05, 3.63) is 77.6 Å². The number of aliphatic hydroxyl groups excluding tert-OH is 1. The monoisotopic (exact) mass is 441 g/mol. The van der Waals surface area contributed by atoms with Crippen LogP contribution in [0.4, 0.5) is 17.3 Å². The largest absolute Gasteiger partial charge is 0.390 e. The van der Waals surface area contributed by atoms with E-state index in [2.05, 4.69) is 73.6 Å². The quantitative estimate of drug-likeness (QED) is 0.622. The highest BCUT2D eigenvalue weighted by Crippen LogP contribution is 2.40. The molecule has 3 aliphatic rings. The van der Waals surface area contributed by atoms with Gasteiger partial charge < -0.3 is 15.3 Å². The van der Waals surface area contributed by atoms with Gasteiger partial charge in [-0.05, 0) is 60.4 Å². The summed E-state index contributed by atoms with van der Waals surface area (Å²) in [5.74, 6) is 2.41. The number of β-amino-alcohol motifs (C(OH)–C–C–N with tert-alkyl or cyclic N) is 1. The normalized spacial score (nSPS) is 23.2. The molecule has 2 atom stereocenters. The van der Waals surface area contributed by atoms with Gasteiger partial charge >= 0.3 is 0 Å². The maximum atomic E-state index is 11.0. The molecule has 2 fully saturated rings. The Labute approximate surface area is 195 Å². The van der Waals surface area contributed by atoms with Crippen LogP contribution in [0.15, 0.2) is 60.9 Å². The molecule has 170 valence electrons. The molecule has 6 nitrogen and oxygen atoms in total. The van der Waals surface area contributed by atoms with Gasteiger partial charge in [0.2, 0.25) is 0 Å². The van der Waals surface area contributed by atoms with E-state index in [1.165, 1.54) is 29.5 Å². The van der Waals surface area contributed by atoms with E-state index in [4.69, 9.17) is 0 Å². The van der Waals surface area contributed by atoms with Gasteiger partial charge in [-0.1, -0.05) is 36.4 Å². The van der Waals surface area contributed by atoms with Crippen LogP contribution in [0, 0.1) is 0 Å². The molecule has 0 spiro atoms. The van der Waals surface area contributed by atoms with Gasteiger partial charge in [0.05, 0.1) is 6.10 Å². The highest BCUT2D eigenvalue weighted by Gasteiger charge is 2.34. The van der Waals surface area contributed by atoms with Crippen molar-refractivity contribution in [1.29, 1.82) is 0 Å². The standard InChI is InChI=1S/C27H31N5O/c33-25-17-32(14-12-24(25)31-13-11-19-3-1-2-4-22(19)16-31)27-15-26(28-18-29-27)30-23-9-7-21(8-10-23)20-5-6-20/h1-4,7-10,15,18,20,24-25,33H,5-6,11-14,16-17H2,(H,28,29,30)/t24?,25-/m0/s1. The molecule has 1 unspecified atom stereocenters. The van der Waals surface area contributed by atoms with E-state index in [1.54, 1.807) is 6.33 Å². The fourth-order valence-corrected chi connectivity index (χ4v) is 5.35. The molecule has 3 heterocycles. The van der Waals surface area contributed by atoms with Gasteiger partial charge in [0.15, 0.2) is 0 Å². The number of hydrogen-bond acceptors (Lipinski definition) is 6. The molecule has 1 aliphatic carbocycles. The van der Waals surface area contributed by atoms with Gasteiger partial charge in [0, 0.05) is 44.0 Å². The number of fused-ring (bicyclic) bond motifs is 1. The van der Waals surface area contributed by atoms with Crippen molar-refractivity contribution in [3.63, 3.8) is 0 Å². The minimum Gasteiger partial charge on any atom is -0.390 e. The Morgan fingerprint density at radius 1 is 0.909 bits per heavy atom. The molecular formula is C27H31N5O. The number of anilines is 3. The van der Waals surface area contributed by atoms with E-state index in [0.29, 0.717) is 6.54 Å². The number of benzene rings is 2. The average molecular weight is 442 g/mol. The molecule has 0 radical (unpaired) electrons. The lowest BCUT2D eigenvalue weighted by atomic mass is 9.94. The number of rotatable bonds is 5. The number of aliphatic hydroxyl groups is 1. The van der Waals surface area contributed by atoms with Crippen LogP contribution in [-0.4, -0.2) is 51.8 Å². The maximum Gasteiger partial charge on any atom is 0.135 e. The Morgan fingerprint density at radius 2 is 1.73 bits per heavy atom. The smallest absolute Gasteiger partial charge is 0.135 e. The zero-order valence-electron chi connectivity index (χ0n) is 18.9. The number of hydrogen-bond donors (Lipinski definition) is 2. The Balaban J connectivity index is 1.10. The van der Waals surface area contributed by atoms with Gasteiger partial charge in [-0.3, -0.25) is 4.90 Å². The summed E-state index contributed by atoms with van der Waals surface area (Å²) in [5, 5.41) is 14.4. The van der Waals surface area contributed by atoms with E-state index in [0.717, 1.165) is 55.7 Å². The van der Waals surface area contributed by atoms with E-state index in [9.17, 15) is 5.11 Å². The third kappa shape index (κ3) is 4.45. The number of nitrogens with one attached hydrogen (secondary N) is 1. The van der Waals surface area contributed by atoms with Crippen LogP contribution in [0.25, 0.3) is 0 Å². The first kappa shape index (κ1) is 20.6. The Bertz CT molecular complexity index is 1110. The predicted molar refractivity (Wildman–Crippen MR) is 131 cm³/mol. The SMILES string of the molecule is O[C@H]1CN(c2cc(Nc3ccc(C4CC4)cc3)ncn2)CCC1N1CCc2ccccc2C1. The highest BCUT2D eigenvalue weighted by atomic mass is 16.3. The topological polar surface area (TPSA) is 64.5 Å².